The van der Waals surface area contributed by atoms with Gasteiger partial charge in [0.2, 0.25) is 21.8 Å². The minimum atomic E-state index is -3.93. The Morgan fingerprint density at radius 2 is 1.58 bits per heavy atom. The predicted molar refractivity (Wildman–Crippen MR) is 143 cm³/mol. The molecule has 1 atom stereocenters. The molecule has 0 aliphatic rings. The van der Waals surface area contributed by atoms with Crippen LogP contribution in [0.1, 0.15) is 50.5 Å². The van der Waals surface area contributed by atoms with Gasteiger partial charge in [-0.05, 0) is 58.9 Å². The van der Waals surface area contributed by atoms with E-state index in [0.29, 0.717) is 21.2 Å². The zero-order chi connectivity index (χ0) is 27.4. The van der Waals surface area contributed by atoms with E-state index in [1.807, 2.05) is 20.8 Å². The van der Waals surface area contributed by atoms with Crippen LogP contribution in [0.5, 0.6) is 0 Å². The van der Waals surface area contributed by atoms with E-state index in [1.165, 1.54) is 30.0 Å². The Bertz CT molecular complexity index is 1240. The van der Waals surface area contributed by atoms with E-state index in [-0.39, 0.29) is 18.0 Å². The minimum Gasteiger partial charge on any atom is -0.350 e. The van der Waals surface area contributed by atoms with Crippen LogP contribution in [0.2, 0.25) is 10.0 Å². The summed E-state index contributed by atoms with van der Waals surface area (Å²) in [4.78, 5) is 39.7. The second-order valence-electron chi connectivity index (χ2n) is 9.51. The number of benzene rings is 2. The minimum absolute atomic E-state index is 0.124. The number of Topliss-reactive ketones (excluding diaryl/α,β-unsaturated/α-hetero) is 1. The first kappa shape index (κ1) is 29.6. The predicted octanol–water partition coefficient (Wildman–Crippen LogP) is 4.29. The standard InChI is InChI=1S/C25H31Cl2N3O5S/c1-16(24(33)28-25(3,4)5)29(14-20-21(26)11-8-12-22(20)27)23(32)15-30(36(6,34)35)19-10-7-9-18(13-19)17(2)31/h7-13,16H,14-15H2,1-6H3,(H,28,33)/t16-/m0/s1. The maximum atomic E-state index is 13.6. The largest absolute Gasteiger partial charge is 0.350 e. The van der Waals surface area contributed by atoms with E-state index in [4.69, 9.17) is 23.2 Å². The molecule has 0 aromatic heterocycles. The molecule has 8 nitrogen and oxygen atoms in total. The van der Waals surface area contributed by atoms with Gasteiger partial charge in [-0.2, -0.15) is 0 Å². The highest BCUT2D eigenvalue weighted by Gasteiger charge is 2.32. The zero-order valence-corrected chi connectivity index (χ0v) is 23.5. The summed E-state index contributed by atoms with van der Waals surface area (Å²) in [6.07, 6.45) is 0.964. The summed E-state index contributed by atoms with van der Waals surface area (Å²) in [6.45, 7) is 7.60. The summed E-state index contributed by atoms with van der Waals surface area (Å²) in [7, 11) is -3.93. The molecule has 0 fully saturated rings. The van der Waals surface area contributed by atoms with Gasteiger partial charge in [0.1, 0.15) is 12.6 Å². The fourth-order valence-corrected chi connectivity index (χ4v) is 4.76. The molecule has 0 unspecified atom stereocenters. The summed E-state index contributed by atoms with van der Waals surface area (Å²) < 4.78 is 26.3. The van der Waals surface area contributed by atoms with Gasteiger partial charge in [0.25, 0.3) is 0 Å². The number of halogens is 2. The topological polar surface area (TPSA) is 104 Å². The summed E-state index contributed by atoms with van der Waals surface area (Å²) in [6, 6.07) is 9.89. The highest BCUT2D eigenvalue weighted by Crippen LogP contribution is 2.27. The summed E-state index contributed by atoms with van der Waals surface area (Å²) >= 11 is 12.7. The van der Waals surface area contributed by atoms with Crippen LogP contribution < -0.4 is 9.62 Å². The monoisotopic (exact) mass is 555 g/mol. The Morgan fingerprint density at radius 1 is 1.03 bits per heavy atom. The molecule has 36 heavy (non-hydrogen) atoms. The van der Waals surface area contributed by atoms with Crippen molar-refractivity contribution in [3.63, 3.8) is 0 Å². The first-order chi connectivity index (χ1) is 16.5. The molecule has 0 aliphatic carbocycles. The van der Waals surface area contributed by atoms with E-state index in [0.717, 1.165) is 10.6 Å². The van der Waals surface area contributed by atoms with Crippen molar-refractivity contribution in [3.8, 4) is 0 Å². The van der Waals surface area contributed by atoms with Crippen molar-refractivity contribution in [2.75, 3.05) is 17.1 Å². The molecule has 0 aliphatic heterocycles. The maximum absolute atomic E-state index is 13.6. The Balaban J connectivity index is 2.50. The van der Waals surface area contributed by atoms with Crippen molar-refractivity contribution in [2.45, 2.75) is 52.7 Å². The van der Waals surface area contributed by atoms with Gasteiger partial charge in [0, 0.05) is 33.3 Å². The Kier molecular flexibility index (Phi) is 9.56. The Labute approximate surface area is 222 Å². The van der Waals surface area contributed by atoms with Gasteiger partial charge in [0.15, 0.2) is 5.78 Å². The van der Waals surface area contributed by atoms with Crippen LogP contribution >= 0.6 is 23.2 Å². The smallest absolute Gasteiger partial charge is 0.244 e. The van der Waals surface area contributed by atoms with Crippen molar-refractivity contribution in [1.82, 2.24) is 10.2 Å². The summed E-state index contributed by atoms with van der Waals surface area (Å²) in [5, 5.41) is 3.44. The van der Waals surface area contributed by atoms with Gasteiger partial charge in [-0.1, -0.05) is 41.4 Å². The lowest BCUT2D eigenvalue weighted by atomic mass is 10.1. The fourth-order valence-electron chi connectivity index (χ4n) is 3.40. The van der Waals surface area contributed by atoms with Crippen LogP contribution in [0.15, 0.2) is 42.5 Å². The van der Waals surface area contributed by atoms with E-state index in [1.54, 1.807) is 31.2 Å². The number of nitrogens with zero attached hydrogens (tertiary/aromatic N) is 2. The first-order valence-electron chi connectivity index (χ1n) is 11.1. The highest BCUT2D eigenvalue weighted by atomic mass is 35.5. The molecule has 0 saturated heterocycles. The SMILES string of the molecule is CC(=O)c1cccc(N(CC(=O)N(Cc2c(Cl)cccc2Cl)[C@@H](C)C(=O)NC(C)(C)C)S(C)(=O)=O)c1. The zero-order valence-electron chi connectivity index (χ0n) is 21.1. The number of anilines is 1. The van der Waals surface area contributed by atoms with E-state index in [9.17, 15) is 22.8 Å². The third kappa shape index (κ3) is 7.94. The average molecular weight is 557 g/mol. The first-order valence-corrected chi connectivity index (χ1v) is 13.7. The van der Waals surface area contributed by atoms with Crippen molar-refractivity contribution < 1.29 is 22.8 Å². The van der Waals surface area contributed by atoms with Gasteiger partial charge >= 0.3 is 0 Å². The number of hydrogen-bond donors (Lipinski definition) is 1. The number of nitrogens with one attached hydrogen (secondary N) is 1. The molecule has 0 radical (unpaired) electrons. The van der Waals surface area contributed by atoms with Gasteiger partial charge in [-0.3, -0.25) is 18.7 Å². The molecule has 0 heterocycles. The second-order valence-corrected chi connectivity index (χ2v) is 12.2. The number of ketones is 1. The molecule has 1 N–H and O–H groups in total. The van der Waals surface area contributed by atoms with Crippen LogP contribution in [0, 0.1) is 0 Å². The quantitative estimate of drug-likeness (QED) is 0.464. The molecule has 2 aromatic carbocycles. The fraction of sp³-hybridized carbons (Fsp3) is 0.400. The Morgan fingerprint density at radius 3 is 2.08 bits per heavy atom. The summed E-state index contributed by atoms with van der Waals surface area (Å²) in [5.41, 5.74) is 0.315. The number of amides is 2. The third-order valence-electron chi connectivity index (χ3n) is 5.28. The number of rotatable bonds is 9. The van der Waals surface area contributed by atoms with Crippen LogP contribution in [0.3, 0.4) is 0 Å². The lowest BCUT2D eigenvalue weighted by molar-refractivity contribution is -0.140. The Hall–Kier alpha value is -2.62. The second kappa shape index (κ2) is 11.6. The van der Waals surface area contributed by atoms with E-state index in [2.05, 4.69) is 5.32 Å². The van der Waals surface area contributed by atoms with Crippen molar-refractivity contribution in [2.24, 2.45) is 0 Å². The average Bonchev–Trinajstić information content (AvgIpc) is 2.74. The molecule has 0 saturated carbocycles. The van der Waals surface area contributed by atoms with Crippen LogP contribution in [-0.4, -0.2) is 55.3 Å². The van der Waals surface area contributed by atoms with Gasteiger partial charge in [-0.25, -0.2) is 8.42 Å². The van der Waals surface area contributed by atoms with Gasteiger partial charge in [-0.15, -0.1) is 0 Å². The molecule has 196 valence electrons. The van der Waals surface area contributed by atoms with Crippen molar-refractivity contribution in [3.05, 3.63) is 63.6 Å². The van der Waals surface area contributed by atoms with Gasteiger partial charge in [0.05, 0.1) is 11.9 Å². The van der Waals surface area contributed by atoms with E-state index < -0.39 is 40.0 Å². The third-order valence-corrected chi connectivity index (χ3v) is 7.12. The molecular formula is C25H31Cl2N3O5S. The van der Waals surface area contributed by atoms with Crippen molar-refractivity contribution >= 4 is 56.5 Å². The van der Waals surface area contributed by atoms with Crippen molar-refractivity contribution in [1.29, 1.82) is 0 Å². The van der Waals surface area contributed by atoms with Crippen LogP contribution in [0.4, 0.5) is 5.69 Å². The van der Waals surface area contributed by atoms with Crippen LogP contribution in [-0.2, 0) is 26.2 Å². The molecule has 2 amide bonds. The molecule has 0 spiro atoms. The molecular weight excluding hydrogens is 525 g/mol. The molecule has 2 rings (SSSR count). The maximum Gasteiger partial charge on any atom is 0.244 e. The number of carbonyl (C=O) groups is 3. The molecule has 0 bridgehead atoms. The van der Waals surface area contributed by atoms with E-state index >= 15 is 0 Å². The lowest BCUT2D eigenvalue weighted by Crippen LogP contribution is -2.54. The molecule has 2 aromatic rings. The number of sulfonamides is 1. The molecule has 11 heteroatoms. The van der Waals surface area contributed by atoms with Gasteiger partial charge < -0.3 is 10.2 Å². The van der Waals surface area contributed by atoms with Crippen LogP contribution in [0.25, 0.3) is 0 Å². The number of carbonyl (C=O) groups excluding carboxylic acids is 3. The highest BCUT2D eigenvalue weighted by molar-refractivity contribution is 7.92. The lowest BCUT2D eigenvalue weighted by Gasteiger charge is -2.33. The normalized spacial score (nSPS) is 12.6. The summed E-state index contributed by atoms with van der Waals surface area (Å²) in [5.74, 6) is -1.33. The number of hydrogen-bond acceptors (Lipinski definition) is 5.